The second-order valence-electron chi connectivity index (χ2n) is 4.39. The molecule has 0 aliphatic carbocycles. The quantitative estimate of drug-likeness (QED) is 0.623. The Balaban J connectivity index is 2.48. The topological polar surface area (TPSA) is 46.6 Å². The van der Waals surface area contributed by atoms with Crippen LogP contribution < -0.4 is 9.64 Å². The van der Waals surface area contributed by atoms with E-state index in [1.54, 1.807) is 23.1 Å². The first-order chi connectivity index (χ1) is 8.54. The Morgan fingerprint density at radius 3 is 2.83 bits per heavy atom. The van der Waals surface area contributed by atoms with Crippen molar-refractivity contribution in [2.45, 2.75) is 19.9 Å². The van der Waals surface area contributed by atoms with Gasteiger partial charge < -0.3 is 9.64 Å². The van der Waals surface area contributed by atoms with Gasteiger partial charge in [-0.1, -0.05) is 0 Å². The molecule has 1 aliphatic heterocycles. The van der Waals surface area contributed by atoms with Crippen molar-refractivity contribution in [3.8, 4) is 5.75 Å². The Kier molecular flexibility index (Phi) is 3.57. The molecule has 0 N–H and O–H groups in total. The van der Waals surface area contributed by atoms with Crippen LogP contribution >= 0.6 is 11.6 Å². The lowest BCUT2D eigenvalue weighted by Crippen LogP contribution is -2.43. The van der Waals surface area contributed by atoms with Gasteiger partial charge >= 0.3 is 0 Å². The number of ether oxygens (including phenoxy) is 1. The Labute approximate surface area is 110 Å². The lowest BCUT2D eigenvalue weighted by atomic mass is 10.1. The van der Waals surface area contributed by atoms with Crippen LogP contribution in [0, 0.1) is 0 Å². The van der Waals surface area contributed by atoms with Crippen molar-refractivity contribution in [3.05, 3.63) is 23.8 Å². The number of carbonyl (C=O) groups is 2. The van der Waals surface area contributed by atoms with E-state index in [0.29, 0.717) is 17.0 Å². The Hall–Kier alpha value is -1.55. The Bertz CT molecular complexity index is 499. The highest BCUT2D eigenvalue weighted by Crippen LogP contribution is 2.34. The molecule has 1 aliphatic rings. The van der Waals surface area contributed by atoms with Crippen LogP contribution in [0.3, 0.4) is 0 Å². The Morgan fingerprint density at radius 1 is 1.50 bits per heavy atom. The maximum absolute atomic E-state index is 11.8. The Morgan fingerprint density at radius 2 is 2.22 bits per heavy atom. The largest absolute Gasteiger partial charge is 0.482 e. The molecule has 0 saturated carbocycles. The van der Waals surface area contributed by atoms with E-state index in [-0.39, 0.29) is 30.2 Å². The summed E-state index contributed by atoms with van der Waals surface area (Å²) in [5.41, 5.74) is 1.13. The highest BCUT2D eigenvalue weighted by atomic mass is 35.5. The van der Waals surface area contributed by atoms with Gasteiger partial charge in [-0.05, 0) is 32.0 Å². The molecule has 2 rings (SSSR count). The number of hydrogen-bond acceptors (Lipinski definition) is 3. The zero-order valence-electron chi connectivity index (χ0n) is 10.3. The van der Waals surface area contributed by atoms with Gasteiger partial charge in [-0.15, -0.1) is 11.6 Å². The number of Topliss-reactive ketones (excluding diaryl/α,β-unsaturated/α-hetero) is 1. The molecule has 1 heterocycles. The third-order valence-corrected chi connectivity index (χ3v) is 3.04. The molecular formula is C13H14ClNO3. The third kappa shape index (κ3) is 2.20. The van der Waals surface area contributed by atoms with Crippen LogP contribution in [-0.4, -0.2) is 30.2 Å². The molecule has 0 aromatic heterocycles. The summed E-state index contributed by atoms with van der Waals surface area (Å²) in [4.78, 5) is 25.1. The first kappa shape index (κ1) is 12.9. The number of hydrogen-bond donors (Lipinski definition) is 0. The lowest BCUT2D eigenvalue weighted by molar-refractivity contribution is -0.121. The number of nitrogens with zero attached hydrogens (tertiary/aromatic N) is 1. The van der Waals surface area contributed by atoms with Crippen molar-refractivity contribution in [2.75, 3.05) is 17.4 Å². The number of halogens is 1. The number of ketones is 1. The molecule has 0 fully saturated rings. The number of amides is 1. The van der Waals surface area contributed by atoms with Gasteiger partial charge in [0.15, 0.2) is 12.4 Å². The highest BCUT2D eigenvalue weighted by molar-refractivity contribution is 6.30. The van der Waals surface area contributed by atoms with Crippen molar-refractivity contribution in [2.24, 2.45) is 0 Å². The van der Waals surface area contributed by atoms with Crippen LogP contribution in [0.1, 0.15) is 24.2 Å². The van der Waals surface area contributed by atoms with E-state index in [1.165, 1.54) is 0 Å². The van der Waals surface area contributed by atoms with E-state index in [0.717, 1.165) is 0 Å². The molecule has 1 aromatic rings. The predicted molar refractivity (Wildman–Crippen MR) is 69.6 cm³/mol. The van der Waals surface area contributed by atoms with Gasteiger partial charge in [0.2, 0.25) is 0 Å². The molecule has 1 aromatic carbocycles. The molecule has 4 nitrogen and oxygen atoms in total. The lowest BCUT2D eigenvalue weighted by Gasteiger charge is -2.32. The number of alkyl halides is 1. The molecule has 96 valence electrons. The van der Waals surface area contributed by atoms with Gasteiger partial charge in [0, 0.05) is 11.6 Å². The third-order valence-electron chi connectivity index (χ3n) is 2.80. The fraction of sp³-hybridized carbons (Fsp3) is 0.385. The van der Waals surface area contributed by atoms with Crippen LogP contribution in [0.5, 0.6) is 5.75 Å². The number of carbonyl (C=O) groups excluding carboxylic acids is 2. The molecule has 1 amide bonds. The summed E-state index contributed by atoms with van der Waals surface area (Å²) in [6.45, 7) is 3.88. The highest BCUT2D eigenvalue weighted by Gasteiger charge is 2.28. The van der Waals surface area contributed by atoms with Gasteiger partial charge in [-0.2, -0.15) is 0 Å². The maximum atomic E-state index is 11.8. The van der Waals surface area contributed by atoms with Crippen LogP contribution in [0.25, 0.3) is 0 Å². The summed E-state index contributed by atoms with van der Waals surface area (Å²) in [6, 6.07) is 5.05. The molecule has 5 heteroatoms. The van der Waals surface area contributed by atoms with Crippen molar-refractivity contribution >= 4 is 29.0 Å². The van der Waals surface area contributed by atoms with Crippen LogP contribution in [0.15, 0.2) is 18.2 Å². The molecule has 0 saturated heterocycles. The number of fused-ring (bicyclic) bond motifs is 1. The second kappa shape index (κ2) is 4.98. The van der Waals surface area contributed by atoms with Crippen LogP contribution in [0.4, 0.5) is 5.69 Å². The van der Waals surface area contributed by atoms with Crippen molar-refractivity contribution in [3.63, 3.8) is 0 Å². The predicted octanol–water partition coefficient (Wildman–Crippen LogP) is 2.24. The minimum Gasteiger partial charge on any atom is -0.482 e. The molecular weight excluding hydrogens is 254 g/mol. The van der Waals surface area contributed by atoms with Crippen molar-refractivity contribution in [1.82, 2.24) is 0 Å². The average molecular weight is 268 g/mol. The van der Waals surface area contributed by atoms with Gasteiger partial charge in [0.25, 0.3) is 5.91 Å². The summed E-state index contributed by atoms with van der Waals surface area (Å²) >= 11 is 5.54. The minimum absolute atomic E-state index is 0.0153. The molecule has 18 heavy (non-hydrogen) atoms. The van der Waals surface area contributed by atoms with Gasteiger partial charge in [0.05, 0.1) is 11.6 Å². The summed E-state index contributed by atoms with van der Waals surface area (Å²) in [7, 11) is 0. The van der Waals surface area contributed by atoms with E-state index < -0.39 is 0 Å². The molecule has 0 unspecified atom stereocenters. The molecule has 0 radical (unpaired) electrons. The fourth-order valence-corrected chi connectivity index (χ4v) is 2.14. The standard InChI is InChI=1S/C13H14ClNO3/c1-8(2)15-10-5-9(11(16)6-14)3-4-12(10)18-7-13(15)17/h3-5,8H,6-7H2,1-2H3. The maximum Gasteiger partial charge on any atom is 0.265 e. The van der Waals surface area contributed by atoms with E-state index in [4.69, 9.17) is 16.3 Å². The minimum atomic E-state index is -0.166. The summed E-state index contributed by atoms with van der Waals surface area (Å²) in [5, 5.41) is 0. The fourth-order valence-electron chi connectivity index (χ4n) is 1.99. The van der Waals surface area contributed by atoms with E-state index in [1.807, 2.05) is 13.8 Å². The van der Waals surface area contributed by atoms with Gasteiger partial charge in [-0.3, -0.25) is 9.59 Å². The van der Waals surface area contributed by atoms with Gasteiger partial charge in [-0.25, -0.2) is 0 Å². The number of benzene rings is 1. The summed E-state index contributed by atoms with van der Waals surface area (Å²) in [6.07, 6.45) is 0. The molecule has 0 spiro atoms. The van der Waals surface area contributed by atoms with E-state index >= 15 is 0 Å². The van der Waals surface area contributed by atoms with E-state index in [2.05, 4.69) is 0 Å². The second-order valence-corrected chi connectivity index (χ2v) is 4.65. The first-order valence-corrected chi connectivity index (χ1v) is 6.26. The average Bonchev–Trinajstić information content (AvgIpc) is 2.36. The van der Waals surface area contributed by atoms with Crippen molar-refractivity contribution in [1.29, 1.82) is 0 Å². The van der Waals surface area contributed by atoms with E-state index in [9.17, 15) is 9.59 Å². The van der Waals surface area contributed by atoms with Gasteiger partial charge in [0.1, 0.15) is 5.75 Å². The molecule has 0 bridgehead atoms. The summed E-state index contributed by atoms with van der Waals surface area (Å²) < 4.78 is 5.35. The zero-order chi connectivity index (χ0) is 13.3. The first-order valence-electron chi connectivity index (χ1n) is 5.72. The zero-order valence-corrected chi connectivity index (χ0v) is 11.0. The number of rotatable bonds is 3. The summed E-state index contributed by atoms with van der Waals surface area (Å²) in [5.74, 6) is 0.276. The molecule has 0 atom stereocenters. The van der Waals surface area contributed by atoms with Crippen molar-refractivity contribution < 1.29 is 14.3 Å². The monoisotopic (exact) mass is 267 g/mol. The number of anilines is 1. The smallest absolute Gasteiger partial charge is 0.265 e. The SMILES string of the molecule is CC(C)N1C(=O)COc2ccc(C(=O)CCl)cc21. The van der Waals surface area contributed by atoms with Crippen LogP contribution in [0.2, 0.25) is 0 Å². The van der Waals surface area contributed by atoms with Crippen LogP contribution in [-0.2, 0) is 4.79 Å². The normalized spacial score (nSPS) is 14.4.